The second kappa shape index (κ2) is 6.65. The molecule has 2 amide bonds. The van der Waals surface area contributed by atoms with Gasteiger partial charge in [0.1, 0.15) is 6.04 Å². The lowest BCUT2D eigenvalue weighted by molar-refractivity contribution is -0.125. The average Bonchev–Trinajstić information content (AvgIpc) is 3.00. The third-order valence-corrected chi connectivity index (χ3v) is 4.08. The summed E-state index contributed by atoms with van der Waals surface area (Å²) >= 11 is 0. The maximum absolute atomic E-state index is 12.0. The van der Waals surface area contributed by atoms with E-state index < -0.39 is 0 Å². The molecule has 118 valence electrons. The second-order valence-corrected chi connectivity index (χ2v) is 5.94. The van der Waals surface area contributed by atoms with Gasteiger partial charge in [-0.15, -0.1) is 0 Å². The smallest absolute Gasteiger partial charge is 0.242 e. The van der Waals surface area contributed by atoms with E-state index in [1.807, 2.05) is 12.1 Å². The van der Waals surface area contributed by atoms with E-state index in [9.17, 15) is 9.59 Å². The fourth-order valence-electron chi connectivity index (χ4n) is 2.76. The number of aryl methyl sites for hydroxylation is 1. The molecule has 2 aromatic rings. The molecule has 1 atom stereocenters. The van der Waals surface area contributed by atoms with E-state index in [0.29, 0.717) is 19.4 Å². The van der Waals surface area contributed by atoms with E-state index in [1.54, 1.807) is 0 Å². The molecule has 3 rings (SSSR count). The first kappa shape index (κ1) is 15.3. The van der Waals surface area contributed by atoms with E-state index in [0.717, 1.165) is 11.1 Å². The quantitative estimate of drug-likeness (QED) is 0.912. The van der Waals surface area contributed by atoms with Crippen LogP contribution >= 0.6 is 0 Å². The van der Waals surface area contributed by atoms with Crippen molar-refractivity contribution in [3.63, 3.8) is 0 Å². The SMILES string of the molecule is Cc1cccc(-c2ccc(CNC(=O)[C@H]3CCC(=O)N3)cc2)c1. The maximum atomic E-state index is 12.0. The lowest BCUT2D eigenvalue weighted by Crippen LogP contribution is -2.41. The number of carbonyl (C=O) groups is 2. The van der Waals surface area contributed by atoms with Gasteiger partial charge in [-0.1, -0.05) is 54.1 Å². The molecule has 23 heavy (non-hydrogen) atoms. The molecular formula is C19H20N2O2. The van der Waals surface area contributed by atoms with Crippen molar-refractivity contribution >= 4 is 11.8 Å². The Balaban J connectivity index is 1.59. The highest BCUT2D eigenvalue weighted by Crippen LogP contribution is 2.20. The molecule has 0 saturated carbocycles. The topological polar surface area (TPSA) is 58.2 Å². The molecule has 2 N–H and O–H groups in total. The minimum absolute atomic E-state index is 0.0485. The number of carbonyl (C=O) groups excluding carboxylic acids is 2. The fraction of sp³-hybridized carbons (Fsp3) is 0.263. The zero-order valence-corrected chi connectivity index (χ0v) is 13.1. The summed E-state index contributed by atoms with van der Waals surface area (Å²) < 4.78 is 0. The lowest BCUT2D eigenvalue weighted by atomic mass is 10.0. The van der Waals surface area contributed by atoms with Crippen LogP contribution in [0.25, 0.3) is 11.1 Å². The van der Waals surface area contributed by atoms with Crippen LogP contribution in [0.2, 0.25) is 0 Å². The Morgan fingerprint density at radius 2 is 1.96 bits per heavy atom. The maximum Gasteiger partial charge on any atom is 0.242 e. The van der Waals surface area contributed by atoms with Gasteiger partial charge in [-0.05, 0) is 30.0 Å². The monoisotopic (exact) mass is 308 g/mol. The zero-order valence-electron chi connectivity index (χ0n) is 13.1. The number of amides is 2. The fourth-order valence-corrected chi connectivity index (χ4v) is 2.76. The van der Waals surface area contributed by atoms with Gasteiger partial charge in [-0.3, -0.25) is 9.59 Å². The van der Waals surface area contributed by atoms with E-state index in [-0.39, 0.29) is 17.9 Å². The summed E-state index contributed by atoms with van der Waals surface area (Å²) in [5.41, 5.74) is 4.62. The summed E-state index contributed by atoms with van der Waals surface area (Å²) in [6.45, 7) is 2.55. The van der Waals surface area contributed by atoms with Crippen molar-refractivity contribution in [2.45, 2.75) is 32.4 Å². The van der Waals surface area contributed by atoms with Gasteiger partial charge < -0.3 is 10.6 Å². The van der Waals surface area contributed by atoms with E-state index in [1.165, 1.54) is 11.1 Å². The second-order valence-electron chi connectivity index (χ2n) is 5.94. The Kier molecular flexibility index (Phi) is 4.42. The first-order valence-corrected chi connectivity index (χ1v) is 7.85. The summed E-state index contributed by atoms with van der Waals surface area (Å²) in [5, 5.41) is 5.55. The molecular weight excluding hydrogens is 288 g/mol. The highest BCUT2D eigenvalue weighted by molar-refractivity contribution is 5.90. The average molecular weight is 308 g/mol. The van der Waals surface area contributed by atoms with Crippen LogP contribution in [0.3, 0.4) is 0 Å². The minimum atomic E-state index is -0.380. The van der Waals surface area contributed by atoms with Crippen LogP contribution in [-0.2, 0) is 16.1 Å². The van der Waals surface area contributed by atoms with Gasteiger partial charge in [0, 0.05) is 13.0 Å². The van der Waals surface area contributed by atoms with Crippen molar-refractivity contribution in [2.75, 3.05) is 0 Å². The highest BCUT2D eigenvalue weighted by Gasteiger charge is 2.26. The highest BCUT2D eigenvalue weighted by atomic mass is 16.2. The van der Waals surface area contributed by atoms with Crippen LogP contribution < -0.4 is 10.6 Å². The molecule has 2 aromatic carbocycles. The van der Waals surface area contributed by atoms with Crippen molar-refractivity contribution in [1.29, 1.82) is 0 Å². The van der Waals surface area contributed by atoms with Crippen LogP contribution in [0.1, 0.15) is 24.0 Å². The number of hydrogen-bond acceptors (Lipinski definition) is 2. The summed E-state index contributed by atoms with van der Waals surface area (Å²) in [7, 11) is 0. The lowest BCUT2D eigenvalue weighted by Gasteiger charge is -2.11. The van der Waals surface area contributed by atoms with Gasteiger partial charge in [0.05, 0.1) is 0 Å². The Bertz CT molecular complexity index is 722. The predicted octanol–water partition coefficient (Wildman–Crippen LogP) is 2.56. The largest absolute Gasteiger partial charge is 0.350 e. The third-order valence-electron chi connectivity index (χ3n) is 4.08. The molecule has 0 unspecified atom stereocenters. The number of benzene rings is 2. The molecule has 0 aliphatic carbocycles. The molecule has 0 bridgehead atoms. The number of rotatable bonds is 4. The van der Waals surface area contributed by atoms with Gasteiger partial charge in [0.15, 0.2) is 0 Å². The molecule has 0 spiro atoms. The summed E-state index contributed by atoms with van der Waals surface area (Å²) in [6.07, 6.45) is 1.01. The Labute approximate surface area is 135 Å². The summed E-state index contributed by atoms with van der Waals surface area (Å²) in [6, 6.07) is 16.2. The minimum Gasteiger partial charge on any atom is -0.350 e. The van der Waals surface area contributed by atoms with Crippen LogP contribution in [0, 0.1) is 6.92 Å². The number of hydrogen-bond donors (Lipinski definition) is 2. The van der Waals surface area contributed by atoms with Crippen LogP contribution in [-0.4, -0.2) is 17.9 Å². The third kappa shape index (κ3) is 3.77. The van der Waals surface area contributed by atoms with Crippen LogP contribution in [0.4, 0.5) is 0 Å². The van der Waals surface area contributed by atoms with Gasteiger partial charge in [-0.25, -0.2) is 0 Å². The molecule has 1 heterocycles. The van der Waals surface area contributed by atoms with E-state index >= 15 is 0 Å². The van der Waals surface area contributed by atoms with Gasteiger partial charge >= 0.3 is 0 Å². The first-order valence-electron chi connectivity index (χ1n) is 7.85. The van der Waals surface area contributed by atoms with Crippen molar-refractivity contribution in [3.8, 4) is 11.1 Å². The Morgan fingerprint density at radius 3 is 2.61 bits per heavy atom. The van der Waals surface area contributed by atoms with E-state index in [2.05, 4.69) is 54.0 Å². The molecule has 1 aliphatic heterocycles. The van der Waals surface area contributed by atoms with Gasteiger partial charge in [0.2, 0.25) is 11.8 Å². The summed E-state index contributed by atoms with van der Waals surface area (Å²) in [5.74, 6) is -0.161. The Morgan fingerprint density at radius 1 is 1.17 bits per heavy atom. The predicted molar refractivity (Wildman–Crippen MR) is 89.6 cm³/mol. The molecule has 1 aliphatic rings. The van der Waals surface area contributed by atoms with Crippen molar-refractivity contribution in [1.82, 2.24) is 10.6 Å². The van der Waals surface area contributed by atoms with Crippen LogP contribution in [0.15, 0.2) is 48.5 Å². The van der Waals surface area contributed by atoms with Crippen molar-refractivity contribution in [2.24, 2.45) is 0 Å². The zero-order chi connectivity index (χ0) is 16.2. The number of nitrogens with one attached hydrogen (secondary N) is 2. The van der Waals surface area contributed by atoms with Gasteiger partial charge in [-0.2, -0.15) is 0 Å². The molecule has 4 heteroatoms. The van der Waals surface area contributed by atoms with Gasteiger partial charge in [0.25, 0.3) is 0 Å². The molecule has 0 radical (unpaired) electrons. The molecule has 0 aromatic heterocycles. The van der Waals surface area contributed by atoms with E-state index in [4.69, 9.17) is 0 Å². The van der Waals surface area contributed by atoms with Crippen LogP contribution in [0.5, 0.6) is 0 Å². The molecule has 1 saturated heterocycles. The Hall–Kier alpha value is -2.62. The molecule has 1 fully saturated rings. The van der Waals surface area contributed by atoms with Crippen molar-refractivity contribution in [3.05, 3.63) is 59.7 Å². The first-order chi connectivity index (χ1) is 11.1. The van der Waals surface area contributed by atoms with Crippen molar-refractivity contribution < 1.29 is 9.59 Å². The normalized spacial score (nSPS) is 16.9. The molecule has 4 nitrogen and oxygen atoms in total. The summed E-state index contributed by atoms with van der Waals surface area (Å²) in [4.78, 5) is 23.1. The standard InChI is InChI=1S/C19H20N2O2/c1-13-3-2-4-16(11-13)15-7-5-14(6-8-15)12-20-19(23)17-9-10-18(22)21-17/h2-8,11,17H,9-10,12H2,1H3,(H,20,23)(H,21,22)/t17-/m1/s1.